The van der Waals surface area contributed by atoms with Crippen LogP contribution in [0.5, 0.6) is 5.88 Å². The van der Waals surface area contributed by atoms with Crippen LogP contribution in [0.3, 0.4) is 0 Å². The van der Waals surface area contributed by atoms with E-state index in [1.165, 1.54) is 0 Å². The molecule has 0 atom stereocenters. The van der Waals surface area contributed by atoms with Crippen LogP contribution in [0.2, 0.25) is 0 Å². The number of benzene rings is 1. The van der Waals surface area contributed by atoms with Crippen molar-refractivity contribution in [2.45, 2.75) is 11.4 Å². The predicted octanol–water partition coefficient (Wildman–Crippen LogP) is 2.75. The van der Waals surface area contributed by atoms with Gasteiger partial charge < -0.3 is 15.4 Å². The molecular formula is C15H15N3O2S. The predicted molar refractivity (Wildman–Crippen MR) is 83.9 cm³/mol. The number of nitrogens with zero attached hydrogens (tertiary/aromatic N) is 1. The topological polar surface area (TPSA) is 63.2 Å². The van der Waals surface area contributed by atoms with Gasteiger partial charge in [0.05, 0.1) is 18.6 Å². The fourth-order valence-corrected chi connectivity index (χ4v) is 2.82. The van der Waals surface area contributed by atoms with Crippen LogP contribution in [-0.2, 0) is 11.3 Å². The van der Waals surface area contributed by atoms with Gasteiger partial charge in [-0.3, -0.25) is 4.79 Å². The van der Waals surface area contributed by atoms with Gasteiger partial charge in [-0.05, 0) is 23.8 Å². The number of methoxy groups -OCH3 is 1. The molecule has 3 rings (SSSR count). The fourth-order valence-electron chi connectivity index (χ4n) is 2.03. The molecule has 1 amide bonds. The molecule has 0 aliphatic carbocycles. The molecule has 0 saturated heterocycles. The average Bonchev–Trinajstić information content (AvgIpc) is 2.53. The summed E-state index contributed by atoms with van der Waals surface area (Å²) in [5.41, 5.74) is 2.90. The van der Waals surface area contributed by atoms with Crippen LogP contribution in [-0.4, -0.2) is 23.8 Å². The minimum absolute atomic E-state index is 0.0454. The van der Waals surface area contributed by atoms with Gasteiger partial charge >= 0.3 is 0 Å². The summed E-state index contributed by atoms with van der Waals surface area (Å²) < 4.78 is 5.03. The molecule has 1 aromatic carbocycles. The molecule has 0 spiro atoms. The van der Waals surface area contributed by atoms with E-state index in [4.69, 9.17) is 4.74 Å². The van der Waals surface area contributed by atoms with E-state index in [0.717, 1.165) is 21.8 Å². The monoisotopic (exact) mass is 301 g/mol. The second kappa shape index (κ2) is 6.05. The lowest BCUT2D eigenvalue weighted by molar-refractivity contribution is -0.113. The number of carbonyl (C=O) groups excluding carboxylic acids is 1. The van der Waals surface area contributed by atoms with E-state index in [2.05, 4.69) is 15.6 Å². The van der Waals surface area contributed by atoms with Crippen LogP contribution in [0.25, 0.3) is 0 Å². The van der Waals surface area contributed by atoms with Gasteiger partial charge in [0.2, 0.25) is 11.8 Å². The summed E-state index contributed by atoms with van der Waals surface area (Å²) in [5, 5.41) is 6.21. The summed E-state index contributed by atoms with van der Waals surface area (Å²) in [5.74, 6) is 1.13. The van der Waals surface area contributed by atoms with Crippen LogP contribution in [0.15, 0.2) is 41.4 Å². The zero-order chi connectivity index (χ0) is 14.7. The summed E-state index contributed by atoms with van der Waals surface area (Å²) in [6.07, 6.45) is 1.78. The van der Waals surface area contributed by atoms with Crippen LogP contribution in [0, 0.1) is 0 Å². The van der Waals surface area contributed by atoms with Gasteiger partial charge in [-0.15, -0.1) is 11.8 Å². The first-order valence-electron chi connectivity index (χ1n) is 6.54. The number of anilines is 2. The summed E-state index contributed by atoms with van der Waals surface area (Å²) in [4.78, 5) is 16.7. The number of hydrogen-bond acceptors (Lipinski definition) is 5. The van der Waals surface area contributed by atoms with Crippen molar-refractivity contribution >= 4 is 29.0 Å². The molecule has 2 aromatic rings. The van der Waals surface area contributed by atoms with E-state index in [-0.39, 0.29) is 5.91 Å². The van der Waals surface area contributed by atoms with E-state index in [0.29, 0.717) is 18.2 Å². The number of rotatable bonds is 4. The highest BCUT2D eigenvalue weighted by Gasteiger charge is 2.15. The first-order chi connectivity index (χ1) is 10.2. The quantitative estimate of drug-likeness (QED) is 0.909. The lowest BCUT2D eigenvalue weighted by atomic mass is 10.2. The molecule has 21 heavy (non-hydrogen) atoms. The summed E-state index contributed by atoms with van der Waals surface area (Å²) in [6.45, 7) is 0.664. The molecule has 1 aliphatic heterocycles. The molecule has 1 aromatic heterocycles. The molecule has 2 heterocycles. The van der Waals surface area contributed by atoms with Gasteiger partial charge in [0.25, 0.3) is 0 Å². The molecule has 5 nitrogen and oxygen atoms in total. The third kappa shape index (κ3) is 3.28. The van der Waals surface area contributed by atoms with Gasteiger partial charge in [-0.25, -0.2) is 4.98 Å². The Labute approximate surface area is 127 Å². The van der Waals surface area contributed by atoms with Crippen molar-refractivity contribution in [1.82, 2.24) is 4.98 Å². The molecule has 108 valence electrons. The molecule has 0 fully saturated rings. The maximum Gasteiger partial charge on any atom is 0.234 e. The SMILES string of the molecule is COc1ccc(CNc2ccc3c(c2)NC(=O)CS3)cn1. The van der Waals surface area contributed by atoms with E-state index in [9.17, 15) is 4.79 Å². The van der Waals surface area contributed by atoms with Gasteiger partial charge in [0.1, 0.15) is 0 Å². The number of pyridine rings is 1. The summed E-state index contributed by atoms with van der Waals surface area (Å²) in [7, 11) is 1.60. The first kappa shape index (κ1) is 13.8. The fraction of sp³-hybridized carbons (Fsp3) is 0.200. The van der Waals surface area contributed by atoms with Gasteiger partial charge in [-0.1, -0.05) is 6.07 Å². The molecule has 1 aliphatic rings. The van der Waals surface area contributed by atoms with E-state index in [1.807, 2.05) is 30.3 Å². The normalized spacial score (nSPS) is 13.3. The molecule has 0 saturated carbocycles. The van der Waals surface area contributed by atoms with Crippen molar-refractivity contribution in [3.8, 4) is 5.88 Å². The Balaban J connectivity index is 1.67. The Bertz CT molecular complexity index is 658. The van der Waals surface area contributed by atoms with Crippen molar-refractivity contribution in [2.24, 2.45) is 0 Å². The summed E-state index contributed by atoms with van der Waals surface area (Å²) >= 11 is 1.56. The van der Waals surface area contributed by atoms with Gasteiger partial charge in [-0.2, -0.15) is 0 Å². The van der Waals surface area contributed by atoms with Crippen LogP contribution >= 0.6 is 11.8 Å². The number of hydrogen-bond donors (Lipinski definition) is 2. The van der Waals surface area contributed by atoms with Crippen LogP contribution in [0.4, 0.5) is 11.4 Å². The zero-order valence-electron chi connectivity index (χ0n) is 11.6. The van der Waals surface area contributed by atoms with Crippen LogP contribution < -0.4 is 15.4 Å². The Hall–Kier alpha value is -2.21. The lowest BCUT2D eigenvalue weighted by Gasteiger charge is -2.17. The molecule has 6 heteroatoms. The third-order valence-corrected chi connectivity index (χ3v) is 4.19. The van der Waals surface area contributed by atoms with Crippen molar-refractivity contribution in [2.75, 3.05) is 23.5 Å². The Morgan fingerprint density at radius 1 is 1.38 bits per heavy atom. The molecule has 0 unspecified atom stereocenters. The highest BCUT2D eigenvalue weighted by atomic mass is 32.2. The zero-order valence-corrected chi connectivity index (χ0v) is 12.4. The van der Waals surface area contributed by atoms with Gasteiger partial charge in [0.15, 0.2) is 0 Å². The molecule has 2 N–H and O–H groups in total. The molecule has 0 bridgehead atoms. The summed E-state index contributed by atoms with van der Waals surface area (Å²) in [6, 6.07) is 9.79. The second-order valence-electron chi connectivity index (χ2n) is 4.61. The highest BCUT2D eigenvalue weighted by molar-refractivity contribution is 8.00. The van der Waals surface area contributed by atoms with E-state index in [1.54, 1.807) is 25.1 Å². The van der Waals surface area contributed by atoms with E-state index < -0.39 is 0 Å². The number of thioether (sulfide) groups is 1. The van der Waals surface area contributed by atoms with E-state index >= 15 is 0 Å². The standard InChI is InChI=1S/C15H15N3O2S/c1-20-15-5-2-10(8-17-15)7-16-11-3-4-13-12(6-11)18-14(19)9-21-13/h2-6,8,16H,7,9H2,1H3,(H,18,19). The molecular weight excluding hydrogens is 286 g/mol. The van der Waals surface area contributed by atoms with Gasteiger partial charge in [0, 0.05) is 29.4 Å². The number of amides is 1. The maximum absolute atomic E-state index is 11.4. The molecule has 0 radical (unpaired) electrons. The lowest BCUT2D eigenvalue weighted by Crippen LogP contribution is -2.18. The number of carbonyl (C=O) groups is 1. The first-order valence-corrected chi connectivity index (χ1v) is 7.52. The second-order valence-corrected chi connectivity index (χ2v) is 5.63. The van der Waals surface area contributed by atoms with Crippen molar-refractivity contribution in [3.05, 3.63) is 42.1 Å². The minimum atomic E-state index is 0.0454. The maximum atomic E-state index is 11.4. The smallest absolute Gasteiger partial charge is 0.234 e. The Morgan fingerprint density at radius 2 is 2.29 bits per heavy atom. The largest absolute Gasteiger partial charge is 0.481 e. The highest BCUT2D eigenvalue weighted by Crippen LogP contribution is 2.33. The van der Waals surface area contributed by atoms with Crippen molar-refractivity contribution in [3.63, 3.8) is 0 Å². The average molecular weight is 301 g/mol. The third-order valence-electron chi connectivity index (χ3n) is 3.12. The van der Waals surface area contributed by atoms with Crippen molar-refractivity contribution < 1.29 is 9.53 Å². The minimum Gasteiger partial charge on any atom is -0.481 e. The number of nitrogens with one attached hydrogen (secondary N) is 2. The van der Waals surface area contributed by atoms with Crippen molar-refractivity contribution in [1.29, 1.82) is 0 Å². The number of aromatic nitrogens is 1. The number of fused-ring (bicyclic) bond motifs is 1. The Kier molecular flexibility index (Phi) is 3.96. The van der Waals surface area contributed by atoms with Crippen LogP contribution in [0.1, 0.15) is 5.56 Å². The Morgan fingerprint density at radius 3 is 3.05 bits per heavy atom. The number of ether oxygens (including phenoxy) is 1.